The third-order valence-corrected chi connectivity index (χ3v) is 6.77. The predicted octanol–water partition coefficient (Wildman–Crippen LogP) is 4.19. The molecule has 0 unspecified atom stereocenters. The normalized spacial score (nSPS) is 17.1. The third kappa shape index (κ3) is 5.44. The topological polar surface area (TPSA) is 95.1 Å². The second-order valence-electron chi connectivity index (χ2n) is 9.71. The number of likely N-dealkylation sites (tertiary alicyclic amines) is 1. The minimum atomic E-state index is -0.0586. The number of rotatable bonds is 8. The number of anilines is 3. The fourth-order valence-corrected chi connectivity index (χ4v) is 4.42. The first-order valence-electron chi connectivity index (χ1n) is 12.3. The van der Waals surface area contributed by atoms with Crippen molar-refractivity contribution in [3.8, 4) is 0 Å². The number of carbonyl (C=O) groups is 1. The molecule has 0 atom stereocenters. The lowest BCUT2D eigenvalue weighted by atomic mass is 10.0. The Labute approximate surface area is 200 Å². The van der Waals surface area contributed by atoms with Gasteiger partial charge in [-0.15, -0.1) is 0 Å². The molecule has 8 nitrogen and oxygen atoms in total. The maximum Gasteiger partial charge on any atom is 0.255 e. The molecule has 4 heterocycles. The van der Waals surface area contributed by atoms with Crippen molar-refractivity contribution in [2.45, 2.75) is 51.6 Å². The van der Waals surface area contributed by atoms with E-state index in [1.165, 1.54) is 12.8 Å². The number of carbonyl (C=O) groups excluding carboxylic acids is 1. The molecule has 178 valence electrons. The maximum absolute atomic E-state index is 13.2. The molecular formula is C26H33N7O. The van der Waals surface area contributed by atoms with Crippen molar-refractivity contribution in [1.82, 2.24) is 25.2 Å². The molecule has 3 N–H and O–H groups in total. The molecule has 0 bridgehead atoms. The molecular weight excluding hydrogens is 426 g/mol. The highest BCUT2D eigenvalue weighted by Gasteiger charge is 2.25. The Morgan fingerprint density at radius 1 is 1.09 bits per heavy atom. The number of nitrogens with one attached hydrogen (secondary N) is 3. The number of piperidine rings is 1. The molecule has 5 rings (SSSR count). The van der Waals surface area contributed by atoms with Crippen LogP contribution in [0.4, 0.5) is 17.3 Å². The lowest BCUT2D eigenvalue weighted by Gasteiger charge is -2.34. The fraction of sp³-hybridized carbons (Fsp3) is 0.462. The van der Waals surface area contributed by atoms with Gasteiger partial charge in [0, 0.05) is 61.8 Å². The fourth-order valence-electron chi connectivity index (χ4n) is 4.42. The van der Waals surface area contributed by atoms with E-state index in [1.54, 1.807) is 18.6 Å². The quantitative estimate of drug-likeness (QED) is 0.465. The van der Waals surface area contributed by atoms with Crippen molar-refractivity contribution < 1.29 is 4.79 Å². The van der Waals surface area contributed by atoms with Crippen molar-refractivity contribution in [1.29, 1.82) is 0 Å². The van der Waals surface area contributed by atoms with Gasteiger partial charge in [0.1, 0.15) is 11.6 Å². The van der Waals surface area contributed by atoms with Crippen LogP contribution in [-0.2, 0) is 0 Å². The molecule has 2 aliphatic rings. The van der Waals surface area contributed by atoms with Gasteiger partial charge in [0.05, 0.1) is 16.8 Å². The molecule has 1 saturated heterocycles. The summed E-state index contributed by atoms with van der Waals surface area (Å²) in [7, 11) is 0. The van der Waals surface area contributed by atoms with Gasteiger partial charge in [0.15, 0.2) is 0 Å². The Morgan fingerprint density at radius 2 is 1.91 bits per heavy atom. The summed E-state index contributed by atoms with van der Waals surface area (Å²) in [5.74, 6) is 1.99. The lowest BCUT2D eigenvalue weighted by molar-refractivity contribution is 0.0901. The van der Waals surface area contributed by atoms with E-state index in [1.807, 2.05) is 24.3 Å². The zero-order valence-electron chi connectivity index (χ0n) is 19.9. The Bertz CT molecular complexity index is 1150. The molecule has 1 aliphatic carbocycles. The molecule has 0 spiro atoms. The molecule has 1 amide bonds. The van der Waals surface area contributed by atoms with Crippen LogP contribution in [0, 0.1) is 5.92 Å². The smallest absolute Gasteiger partial charge is 0.255 e. The van der Waals surface area contributed by atoms with Crippen LogP contribution in [-0.4, -0.2) is 57.5 Å². The zero-order valence-corrected chi connectivity index (χ0v) is 19.9. The number of amides is 1. The SMILES string of the molecule is CC(C)N1CCC(NC(=O)c2cnc(Nc3ccc4cnccc4n3)cc2NCC2CC2)CC1. The van der Waals surface area contributed by atoms with Gasteiger partial charge >= 0.3 is 0 Å². The Morgan fingerprint density at radius 3 is 2.68 bits per heavy atom. The molecule has 0 radical (unpaired) electrons. The van der Waals surface area contributed by atoms with E-state index < -0.39 is 0 Å². The average molecular weight is 460 g/mol. The molecule has 1 aliphatic heterocycles. The van der Waals surface area contributed by atoms with E-state index in [2.05, 4.69) is 49.6 Å². The number of nitrogens with zero attached hydrogens (tertiary/aromatic N) is 4. The molecule has 3 aromatic heterocycles. The van der Waals surface area contributed by atoms with Crippen LogP contribution in [0.25, 0.3) is 10.9 Å². The van der Waals surface area contributed by atoms with Crippen LogP contribution in [0.2, 0.25) is 0 Å². The Balaban J connectivity index is 1.30. The summed E-state index contributed by atoms with van der Waals surface area (Å²) in [6, 6.07) is 8.44. The van der Waals surface area contributed by atoms with Crippen LogP contribution in [0.1, 0.15) is 49.9 Å². The largest absolute Gasteiger partial charge is 0.384 e. The summed E-state index contributed by atoms with van der Waals surface area (Å²) >= 11 is 0. The predicted molar refractivity (Wildman–Crippen MR) is 135 cm³/mol. The van der Waals surface area contributed by atoms with E-state index in [0.717, 1.165) is 49.1 Å². The first kappa shape index (κ1) is 22.5. The summed E-state index contributed by atoms with van der Waals surface area (Å²) < 4.78 is 0. The highest BCUT2D eigenvalue weighted by Crippen LogP contribution is 2.30. The number of fused-ring (bicyclic) bond motifs is 1. The van der Waals surface area contributed by atoms with Gasteiger partial charge in [0.25, 0.3) is 5.91 Å². The second-order valence-corrected chi connectivity index (χ2v) is 9.71. The second kappa shape index (κ2) is 9.93. The first-order chi connectivity index (χ1) is 16.5. The van der Waals surface area contributed by atoms with Crippen LogP contribution < -0.4 is 16.0 Å². The molecule has 1 saturated carbocycles. The third-order valence-electron chi connectivity index (χ3n) is 6.77. The summed E-state index contributed by atoms with van der Waals surface area (Å²) in [6.07, 6.45) is 9.64. The number of hydrogen-bond donors (Lipinski definition) is 3. The van der Waals surface area contributed by atoms with Gasteiger partial charge < -0.3 is 20.9 Å². The molecule has 0 aromatic carbocycles. The van der Waals surface area contributed by atoms with Crippen molar-refractivity contribution in [2.24, 2.45) is 5.92 Å². The summed E-state index contributed by atoms with van der Waals surface area (Å²) in [6.45, 7) is 7.36. The maximum atomic E-state index is 13.2. The van der Waals surface area contributed by atoms with Gasteiger partial charge in [-0.2, -0.15) is 0 Å². The highest BCUT2D eigenvalue weighted by atomic mass is 16.1. The van der Waals surface area contributed by atoms with Gasteiger partial charge in [-0.25, -0.2) is 9.97 Å². The van der Waals surface area contributed by atoms with E-state index in [-0.39, 0.29) is 11.9 Å². The average Bonchev–Trinajstić information content (AvgIpc) is 3.68. The number of pyridine rings is 3. The van der Waals surface area contributed by atoms with Crippen molar-refractivity contribution in [3.63, 3.8) is 0 Å². The van der Waals surface area contributed by atoms with E-state index in [4.69, 9.17) is 0 Å². The van der Waals surface area contributed by atoms with Gasteiger partial charge in [-0.1, -0.05) is 0 Å². The lowest BCUT2D eigenvalue weighted by Crippen LogP contribution is -2.46. The number of hydrogen-bond acceptors (Lipinski definition) is 7. The zero-order chi connectivity index (χ0) is 23.5. The van der Waals surface area contributed by atoms with Gasteiger partial charge in [-0.05, 0) is 63.6 Å². The van der Waals surface area contributed by atoms with Crippen molar-refractivity contribution in [2.75, 3.05) is 30.3 Å². The summed E-state index contributed by atoms with van der Waals surface area (Å²) in [5, 5.41) is 11.0. The van der Waals surface area contributed by atoms with Crippen molar-refractivity contribution in [3.05, 3.63) is 48.4 Å². The molecule has 8 heteroatoms. The highest BCUT2D eigenvalue weighted by molar-refractivity contribution is 6.00. The van der Waals surface area contributed by atoms with Crippen LogP contribution in [0.15, 0.2) is 42.9 Å². The Kier molecular flexibility index (Phi) is 6.58. The van der Waals surface area contributed by atoms with Gasteiger partial charge in [-0.3, -0.25) is 9.78 Å². The van der Waals surface area contributed by atoms with Crippen LogP contribution in [0.3, 0.4) is 0 Å². The molecule has 34 heavy (non-hydrogen) atoms. The van der Waals surface area contributed by atoms with E-state index in [9.17, 15) is 4.79 Å². The first-order valence-corrected chi connectivity index (χ1v) is 12.3. The van der Waals surface area contributed by atoms with E-state index in [0.29, 0.717) is 29.2 Å². The minimum absolute atomic E-state index is 0.0586. The Hall–Kier alpha value is -3.26. The van der Waals surface area contributed by atoms with Gasteiger partial charge in [0.2, 0.25) is 0 Å². The summed E-state index contributed by atoms with van der Waals surface area (Å²) in [5.41, 5.74) is 2.27. The number of aromatic nitrogens is 3. The van der Waals surface area contributed by atoms with E-state index >= 15 is 0 Å². The van der Waals surface area contributed by atoms with Crippen molar-refractivity contribution >= 4 is 34.1 Å². The monoisotopic (exact) mass is 459 g/mol. The summed E-state index contributed by atoms with van der Waals surface area (Å²) in [4.78, 5) is 29.0. The van der Waals surface area contributed by atoms with Crippen LogP contribution in [0.5, 0.6) is 0 Å². The standard InChI is InChI=1S/C26H33N7O/c1-17(2)33-11-8-20(9-12-33)30-26(34)21-16-29-25(13-23(21)28-14-18-3-4-18)32-24-6-5-19-15-27-10-7-22(19)31-24/h5-7,10,13,15-18,20H,3-4,8-9,11-12,14H2,1-2H3,(H,30,34)(H2,28,29,31,32). The molecule has 2 fully saturated rings. The van der Waals surface area contributed by atoms with Crippen LogP contribution >= 0.6 is 0 Å². The minimum Gasteiger partial charge on any atom is -0.384 e. The molecule has 3 aromatic rings.